The molecule has 6 heteroatoms. The van der Waals surface area contributed by atoms with Crippen LogP contribution in [0.2, 0.25) is 0 Å². The Labute approximate surface area is 165 Å². The minimum atomic E-state index is -4.27. The Morgan fingerprint density at radius 3 is 2.26 bits per heavy atom. The van der Waals surface area contributed by atoms with Crippen LogP contribution in [0.5, 0.6) is 0 Å². The molecule has 3 aromatic carbocycles. The SMILES string of the molecule is CC[n+]1c(C)[se]c2c3ccccc3ccc21.Cc1ccc(S(=O)(=O)[O-])cc1. The molecule has 1 aromatic heterocycles. The van der Waals surface area contributed by atoms with E-state index >= 15 is 0 Å². The second kappa shape index (κ2) is 7.95. The Morgan fingerprint density at radius 1 is 0.963 bits per heavy atom. The van der Waals surface area contributed by atoms with Crippen LogP contribution in [0.15, 0.2) is 65.6 Å². The first-order chi connectivity index (χ1) is 12.8. The van der Waals surface area contributed by atoms with Gasteiger partial charge in [-0.05, 0) is 19.1 Å². The molecule has 0 saturated heterocycles. The molecule has 0 radical (unpaired) electrons. The summed E-state index contributed by atoms with van der Waals surface area (Å²) in [7, 11) is -4.27. The van der Waals surface area contributed by atoms with Gasteiger partial charge in [0.25, 0.3) is 0 Å². The van der Waals surface area contributed by atoms with Crippen LogP contribution in [-0.2, 0) is 16.7 Å². The number of fused-ring (bicyclic) bond motifs is 3. The smallest absolute Gasteiger partial charge is 0.124 e. The number of hydrogen-bond donors (Lipinski definition) is 0. The van der Waals surface area contributed by atoms with Crippen LogP contribution in [0.4, 0.5) is 0 Å². The number of aromatic nitrogens is 1. The van der Waals surface area contributed by atoms with Crippen LogP contribution >= 0.6 is 0 Å². The van der Waals surface area contributed by atoms with Crippen molar-refractivity contribution in [2.45, 2.75) is 32.2 Å². The van der Waals surface area contributed by atoms with Gasteiger partial charge in [0.15, 0.2) is 0 Å². The topological polar surface area (TPSA) is 61.1 Å². The first-order valence-electron chi connectivity index (χ1n) is 8.64. The van der Waals surface area contributed by atoms with E-state index in [1.165, 1.54) is 33.0 Å². The Balaban J connectivity index is 0.000000168. The number of rotatable bonds is 2. The third kappa shape index (κ3) is 4.30. The molecule has 0 bridgehead atoms. The van der Waals surface area contributed by atoms with Crippen molar-refractivity contribution in [2.75, 3.05) is 0 Å². The van der Waals surface area contributed by atoms with Gasteiger partial charge in [-0.25, -0.2) is 8.42 Å². The first kappa shape index (κ1) is 19.8. The maximum Gasteiger partial charge on any atom is 0.124 e. The Hall–Kier alpha value is -1.98. The van der Waals surface area contributed by atoms with Crippen molar-refractivity contribution in [1.82, 2.24) is 0 Å². The summed E-state index contributed by atoms with van der Waals surface area (Å²) < 4.78 is 36.7. The number of benzene rings is 3. The van der Waals surface area contributed by atoms with Gasteiger partial charge in [-0.3, -0.25) is 0 Å². The van der Waals surface area contributed by atoms with Crippen molar-refractivity contribution >= 4 is 45.2 Å². The van der Waals surface area contributed by atoms with Crippen molar-refractivity contribution in [1.29, 1.82) is 0 Å². The molecule has 27 heavy (non-hydrogen) atoms. The van der Waals surface area contributed by atoms with E-state index in [2.05, 4.69) is 54.8 Å². The molecule has 0 aliphatic rings. The first-order valence-corrected chi connectivity index (χ1v) is 11.8. The van der Waals surface area contributed by atoms with Crippen molar-refractivity contribution in [2.24, 2.45) is 0 Å². The summed E-state index contributed by atoms with van der Waals surface area (Å²) >= 11 is 0.506. The van der Waals surface area contributed by atoms with E-state index in [-0.39, 0.29) is 4.90 Å². The minimum Gasteiger partial charge on any atom is -0.744 e. The fraction of sp³-hybridized carbons (Fsp3) is 0.190. The van der Waals surface area contributed by atoms with E-state index in [9.17, 15) is 13.0 Å². The standard InChI is InChI=1S/C14H14NSe.C7H8O3S/c1-3-15-10(2)16-14-12-7-5-4-6-11(12)8-9-13(14)15;1-6-2-4-7(5-3-6)11(8,9)10/h4-9H,3H2,1-2H3;2-5H,1H3,(H,8,9,10)/q+1;/p-1. The summed E-state index contributed by atoms with van der Waals surface area (Å²) in [5.41, 5.74) is 2.36. The number of aryl methyl sites for hydroxylation is 3. The molecule has 0 atom stereocenters. The molecule has 4 aromatic rings. The van der Waals surface area contributed by atoms with Crippen molar-refractivity contribution in [3.8, 4) is 0 Å². The van der Waals surface area contributed by atoms with Gasteiger partial charge >= 0.3 is 101 Å². The largest absolute Gasteiger partial charge is 0.744 e. The van der Waals surface area contributed by atoms with Gasteiger partial charge in [0.05, 0.1) is 4.90 Å². The van der Waals surface area contributed by atoms with E-state index < -0.39 is 10.1 Å². The van der Waals surface area contributed by atoms with Crippen molar-refractivity contribution in [3.63, 3.8) is 0 Å². The van der Waals surface area contributed by atoms with E-state index in [1.54, 1.807) is 16.4 Å². The van der Waals surface area contributed by atoms with Crippen LogP contribution < -0.4 is 4.57 Å². The molecular weight excluding hydrogens is 425 g/mol. The molecule has 0 aliphatic heterocycles. The van der Waals surface area contributed by atoms with E-state index in [4.69, 9.17) is 0 Å². The van der Waals surface area contributed by atoms with E-state index in [0.717, 1.165) is 12.1 Å². The number of nitrogens with zero attached hydrogens (tertiary/aromatic N) is 1. The van der Waals surface area contributed by atoms with Gasteiger partial charge in [0, 0.05) is 0 Å². The van der Waals surface area contributed by atoms with Gasteiger partial charge in [-0.2, -0.15) is 0 Å². The summed E-state index contributed by atoms with van der Waals surface area (Å²) in [4.78, 5) is -0.178. The van der Waals surface area contributed by atoms with E-state index in [0.29, 0.717) is 14.5 Å². The third-order valence-electron chi connectivity index (χ3n) is 4.41. The van der Waals surface area contributed by atoms with Gasteiger partial charge in [0.2, 0.25) is 0 Å². The van der Waals surface area contributed by atoms with E-state index in [1.807, 2.05) is 6.92 Å². The average Bonchev–Trinajstić information content (AvgIpc) is 2.97. The fourth-order valence-electron chi connectivity index (χ4n) is 3.02. The van der Waals surface area contributed by atoms with Crippen LogP contribution in [0.1, 0.15) is 17.1 Å². The molecule has 140 valence electrons. The molecule has 4 nitrogen and oxygen atoms in total. The van der Waals surface area contributed by atoms with Crippen LogP contribution in [0.25, 0.3) is 20.5 Å². The van der Waals surface area contributed by atoms with Gasteiger partial charge in [-0.1, -0.05) is 17.7 Å². The molecule has 0 fully saturated rings. The second-order valence-electron chi connectivity index (χ2n) is 6.27. The molecule has 0 N–H and O–H groups in total. The Morgan fingerprint density at radius 2 is 1.63 bits per heavy atom. The summed E-state index contributed by atoms with van der Waals surface area (Å²) in [5.74, 6) is 0. The second-order valence-corrected chi connectivity index (χ2v) is 10.2. The minimum absolute atomic E-state index is 0.178. The zero-order chi connectivity index (χ0) is 19.6. The molecule has 0 unspecified atom stereocenters. The third-order valence-corrected chi connectivity index (χ3v) is 7.67. The van der Waals surface area contributed by atoms with Crippen LogP contribution in [-0.4, -0.2) is 27.5 Å². The molecule has 0 aliphatic carbocycles. The predicted molar refractivity (Wildman–Crippen MR) is 108 cm³/mol. The van der Waals surface area contributed by atoms with Gasteiger partial charge in [0.1, 0.15) is 10.1 Å². The molecule has 0 saturated carbocycles. The van der Waals surface area contributed by atoms with Gasteiger partial charge in [-0.15, -0.1) is 0 Å². The van der Waals surface area contributed by atoms with Crippen LogP contribution in [0.3, 0.4) is 0 Å². The average molecular weight is 446 g/mol. The Bertz CT molecular complexity index is 1200. The number of hydrogen-bond acceptors (Lipinski definition) is 3. The molecule has 4 rings (SSSR count). The van der Waals surface area contributed by atoms with Crippen molar-refractivity contribution < 1.29 is 17.5 Å². The Kier molecular flexibility index (Phi) is 5.82. The molecular formula is C21H21NO3SSe. The quantitative estimate of drug-likeness (QED) is 0.269. The fourth-order valence-corrected chi connectivity index (χ4v) is 6.03. The molecule has 0 spiro atoms. The zero-order valence-corrected chi connectivity index (χ0v) is 18.0. The molecule has 1 heterocycles. The summed E-state index contributed by atoms with van der Waals surface area (Å²) in [6.45, 7) is 7.39. The zero-order valence-electron chi connectivity index (χ0n) is 15.5. The van der Waals surface area contributed by atoms with Gasteiger partial charge < -0.3 is 4.55 Å². The summed E-state index contributed by atoms with van der Waals surface area (Å²) in [6.07, 6.45) is 0. The predicted octanol–water partition coefficient (Wildman–Crippen LogP) is 3.56. The maximum atomic E-state index is 10.4. The normalized spacial score (nSPS) is 11.4. The summed E-state index contributed by atoms with van der Waals surface area (Å²) in [5, 5.41) is 2.81. The monoisotopic (exact) mass is 447 g/mol. The molecule has 0 amide bonds. The van der Waals surface area contributed by atoms with Crippen LogP contribution in [0, 0.1) is 13.8 Å². The van der Waals surface area contributed by atoms with Crippen molar-refractivity contribution in [3.05, 3.63) is 70.8 Å². The summed E-state index contributed by atoms with van der Waals surface area (Å²) in [6, 6.07) is 19.0. The maximum absolute atomic E-state index is 10.4.